The summed E-state index contributed by atoms with van der Waals surface area (Å²) in [6, 6.07) is 5.04. The van der Waals surface area contributed by atoms with Gasteiger partial charge in [-0.15, -0.1) is 0 Å². The molecule has 1 aromatic rings. The minimum absolute atomic E-state index is 0.0191. The molecule has 0 aromatic heterocycles. The number of aryl methyl sites for hydroxylation is 1. The molecule has 0 N–H and O–H groups in total. The molecule has 2 rings (SSSR count). The van der Waals surface area contributed by atoms with Crippen molar-refractivity contribution in [2.24, 2.45) is 5.92 Å². The highest BCUT2D eigenvalue weighted by molar-refractivity contribution is 7.80. The van der Waals surface area contributed by atoms with E-state index in [9.17, 15) is 14.9 Å². The molecule has 1 fully saturated rings. The van der Waals surface area contributed by atoms with Crippen LogP contribution in [0.5, 0.6) is 0 Å². The van der Waals surface area contributed by atoms with Crippen LogP contribution in [-0.2, 0) is 4.79 Å². The maximum absolute atomic E-state index is 11.9. The van der Waals surface area contributed by atoms with Gasteiger partial charge in [0.1, 0.15) is 5.69 Å². The van der Waals surface area contributed by atoms with Crippen LogP contribution in [0.25, 0.3) is 0 Å². The number of amides is 1. The van der Waals surface area contributed by atoms with Crippen LogP contribution in [0, 0.1) is 23.0 Å². The molecule has 0 saturated carbocycles. The lowest BCUT2D eigenvalue weighted by Gasteiger charge is -2.17. The van der Waals surface area contributed by atoms with Crippen LogP contribution in [0.2, 0.25) is 0 Å². The molecular weight excluding hydrogens is 252 g/mol. The second-order valence-corrected chi connectivity index (χ2v) is 4.82. The Labute approximate surface area is 110 Å². The monoisotopic (exact) mass is 266 g/mol. The SMILES string of the molecule is Cc1cccc(N2CC(CS)CC2=O)c1[N+](=O)[O-]. The van der Waals surface area contributed by atoms with E-state index in [1.807, 2.05) is 0 Å². The minimum atomic E-state index is -0.425. The summed E-state index contributed by atoms with van der Waals surface area (Å²) in [5.74, 6) is 0.714. The molecule has 96 valence electrons. The Balaban J connectivity index is 2.43. The van der Waals surface area contributed by atoms with Crippen LogP contribution >= 0.6 is 12.6 Å². The molecule has 1 unspecified atom stereocenters. The van der Waals surface area contributed by atoms with Gasteiger partial charge in [0.05, 0.1) is 4.92 Å². The number of nitrogens with zero attached hydrogens (tertiary/aromatic N) is 2. The van der Waals surface area contributed by atoms with Gasteiger partial charge in [-0.05, 0) is 24.7 Å². The first-order valence-corrected chi connectivity index (χ1v) is 6.33. The van der Waals surface area contributed by atoms with Crippen molar-refractivity contribution in [3.8, 4) is 0 Å². The third-order valence-electron chi connectivity index (χ3n) is 3.15. The number of thiol groups is 1. The number of hydrogen-bond donors (Lipinski definition) is 1. The summed E-state index contributed by atoms with van der Waals surface area (Å²) in [6.07, 6.45) is 0.411. The van der Waals surface area contributed by atoms with Gasteiger partial charge in [-0.3, -0.25) is 14.9 Å². The number of nitro groups is 1. The molecule has 1 aliphatic heterocycles. The summed E-state index contributed by atoms with van der Waals surface area (Å²) >= 11 is 4.18. The lowest BCUT2D eigenvalue weighted by atomic mass is 10.1. The number of nitro benzene ring substituents is 1. The van der Waals surface area contributed by atoms with Gasteiger partial charge in [-0.25, -0.2) is 0 Å². The summed E-state index contributed by atoms with van der Waals surface area (Å²) < 4.78 is 0. The third-order valence-corrected chi connectivity index (χ3v) is 3.67. The fourth-order valence-corrected chi connectivity index (χ4v) is 2.48. The summed E-state index contributed by atoms with van der Waals surface area (Å²) in [5, 5.41) is 11.1. The molecule has 6 heteroatoms. The van der Waals surface area contributed by atoms with Crippen LogP contribution in [-0.4, -0.2) is 23.1 Å². The first-order valence-electron chi connectivity index (χ1n) is 5.69. The first kappa shape index (κ1) is 12.9. The van der Waals surface area contributed by atoms with Crippen molar-refractivity contribution in [3.63, 3.8) is 0 Å². The zero-order valence-electron chi connectivity index (χ0n) is 10.00. The zero-order chi connectivity index (χ0) is 13.3. The average molecular weight is 266 g/mol. The first-order chi connectivity index (χ1) is 8.54. The van der Waals surface area contributed by atoms with E-state index < -0.39 is 4.92 Å². The van der Waals surface area contributed by atoms with Crippen molar-refractivity contribution in [3.05, 3.63) is 33.9 Å². The lowest BCUT2D eigenvalue weighted by Crippen LogP contribution is -2.25. The van der Waals surface area contributed by atoms with E-state index in [-0.39, 0.29) is 17.5 Å². The Hall–Kier alpha value is -1.56. The van der Waals surface area contributed by atoms with E-state index in [1.54, 1.807) is 25.1 Å². The van der Waals surface area contributed by atoms with Gasteiger partial charge in [0.15, 0.2) is 0 Å². The van der Waals surface area contributed by atoms with Gasteiger partial charge >= 0.3 is 0 Å². The van der Waals surface area contributed by atoms with E-state index in [1.165, 1.54) is 4.90 Å². The van der Waals surface area contributed by atoms with Crippen LogP contribution in [0.1, 0.15) is 12.0 Å². The molecule has 18 heavy (non-hydrogen) atoms. The number of rotatable bonds is 3. The molecule has 1 heterocycles. The van der Waals surface area contributed by atoms with Crippen molar-refractivity contribution in [1.29, 1.82) is 0 Å². The van der Waals surface area contributed by atoms with Crippen molar-refractivity contribution < 1.29 is 9.72 Å². The molecule has 0 aliphatic carbocycles. The van der Waals surface area contributed by atoms with Gasteiger partial charge in [-0.1, -0.05) is 12.1 Å². The van der Waals surface area contributed by atoms with Crippen LogP contribution in [0.3, 0.4) is 0 Å². The van der Waals surface area contributed by atoms with Crippen molar-refractivity contribution in [2.45, 2.75) is 13.3 Å². The Morgan fingerprint density at radius 1 is 1.56 bits per heavy atom. The minimum Gasteiger partial charge on any atom is -0.306 e. The molecule has 1 atom stereocenters. The highest BCUT2D eigenvalue weighted by atomic mass is 32.1. The molecule has 0 radical (unpaired) electrons. The van der Waals surface area contributed by atoms with Crippen molar-refractivity contribution in [1.82, 2.24) is 0 Å². The fraction of sp³-hybridized carbons (Fsp3) is 0.417. The molecule has 5 nitrogen and oxygen atoms in total. The Bertz CT molecular complexity index is 504. The molecule has 1 saturated heterocycles. The van der Waals surface area contributed by atoms with E-state index in [4.69, 9.17) is 0 Å². The molecule has 0 spiro atoms. The lowest BCUT2D eigenvalue weighted by molar-refractivity contribution is -0.384. The molecule has 0 bridgehead atoms. The number of hydrogen-bond acceptors (Lipinski definition) is 4. The summed E-state index contributed by atoms with van der Waals surface area (Å²) in [7, 11) is 0. The van der Waals surface area contributed by atoms with Gasteiger partial charge < -0.3 is 4.90 Å². The zero-order valence-corrected chi connectivity index (χ0v) is 10.9. The number of carbonyl (C=O) groups is 1. The molecule has 1 aromatic carbocycles. The van der Waals surface area contributed by atoms with Crippen LogP contribution in [0.4, 0.5) is 11.4 Å². The predicted octanol–water partition coefficient (Wildman–Crippen LogP) is 2.19. The highest BCUT2D eigenvalue weighted by Gasteiger charge is 2.33. The molecular formula is C12H14N2O3S. The third kappa shape index (κ3) is 2.20. The normalized spacial score (nSPS) is 19.3. The topological polar surface area (TPSA) is 63.5 Å². The summed E-state index contributed by atoms with van der Waals surface area (Å²) in [6.45, 7) is 2.19. The quantitative estimate of drug-likeness (QED) is 0.518. The largest absolute Gasteiger partial charge is 0.306 e. The smallest absolute Gasteiger partial charge is 0.295 e. The summed E-state index contributed by atoms with van der Waals surface area (Å²) in [4.78, 5) is 24.1. The van der Waals surface area contributed by atoms with Crippen molar-refractivity contribution in [2.75, 3.05) is 17.2 Å². The molecule has 1 amide bonds. The number of carbonyl (C=O) groups excluding carboxylic acids is 1. The van der Waals surface area contributed by atoms with Crippen LogP contribution < -0.4 is 4.90 Å². The standard InChI is InChI=1S/C12H14N2O3S/c1-8-3-2-4-10(12(8)14(16)17)13-6-9(7-18)5-11(13)15/h2-4,9,18H,5-7H2,1H3. The summed E-state index contributed by atoms with van der Waals surface area (Å²) in [5.41, 5.74) is 0.986. The Morgan fingerprint density at radius 3 is 2.83 bits per heavy atom. The van der Waals surface area contributed by atoms with Gasteiger partial charge in [0.25, 0.3) is 5.69 Å². The van der Waals surface area contributed by atoms with Gasteiger partial charge in [-0.2, -0.15) is 12.6 Å². The predicted molar refractivity (Wildman–Crippen MR) is 72.1 cm³/mol. The Morgan fingerprint density at radius 2 is 2.28 bits per heavy atom. The maximum Gasteiger partial charge on any atom is 0.295 e. The van der Waals surface area contributed by atoms with Gasteiger partial charge in [0.2, 0.25) is 5.91 Å². The second-order valence-electron chi connectivity index (χ2n) is 4.46. The van der Waals surface area contributed by atoms with E-state index in [0.717, 1.165) is 0 Å². The van der Waals surface area contributed by atoms with Crippen LogP contribution in [0.15, 0.2) is 18.2 Å². The molecule has 1 aliphatic rings. The number of para-hydroxylation sites is 1. The number of anilines is 1. The second kappa shape index (κ2) is 4.97. The Kier molecular flexibility index (Phi) is 3.56. The van der Waals surface area contributed by atoms with Crippen molar-refractivity contribution >= 4 is 29.9 Å². The fourth-order valence-electron chi connectivity index (χ4n) is 2.24. The number of benzene rings is 1. The van der Waals surface area contributed by atoms with Gasteiger partial charge in [0, 0.05) is 18.5 Å². The maximum atomic E-state index is 11.9. The van der Waals surface area contributed by atoms with E-state index in [2.05, 4.69) is 12.6 Å². The van der Waals surface area contributed by atoms with E-state index in [0.29, 0.717) is 30.0 Å². The highest BCUT2D eigenvalue weighted by Crippen LogP contribution is 2.35. The van der Waals surface area contributed by atoms with E-state index >= 15 is 0 Å². The average Bonchev–Trinajstić information content (AvgIpc) is 2.69.